The maximum absolute atomic E-state index is 12.8. The summed E-state index contributed by atoms with van der Waals surface area (Å²) in [6.07, 6.45) is 43.7. The lowest BCUT2D eigenvalue weighted by atomic mass is 9.99. The molecular weight excluding hydrogens is 733 g/mol. The molecule has 0 N–H and O–H groups in total. The molecule has 350 valence electrons. The molecule has 0 aromatic heterocycles. The van der Waals surface area contributed by atoms with E-state index in [1.807, 2.05) is 0 Å². The third-order valence-electron chi connectivity index (χ3n) is 12.3. The molecule has 0 spiro atoms. The number of hydrogen-bond donors (Lipinski definition) is 0. The third-order valence-corrected chi connectivity index (χ3v) is 12.3. The van der Waals surface area contributed by atoms with Crippen molar-refractivity contribution in [2.45, 2.75) is 292 Å². The van der Waals surface area contributed by atoms with E-state index < -0.39 is 6.10 Å². The van der Waals surface area contributed by atoms with Gasteiger partial charge in [-0.25, -0.2) is 0 Å². The van der Waals surface area contributed by atoms with Gasteiger partial charge in [-0.3, -0.25) is 14.4 Å². The highest BCUT2D eigenvalue weighted by Gasteiger charge is 2.19. The summed E-state index contributed by atoms with van der Waals surface area (Å²) in [4.78, 5) is 38.0. The van der Waals surface area contributed by atoms with Crippen LogP contribution in [0.4, 0.5) is 0 Å². The summed E-state index contributed by atoms with van der Waals surface area (Å²) >= 11 is 0. The van der Waals surface area contributed by atoms with Gasteiger partial charge in [0.05, 0.1) is 0 Å². The fraction of sp³-hybridized carbons (Fsp3) is 0.943. The molecule has 0 amide bonds. The van der Waals surface area contributed by atoms with Crippen molar-refractivity contribution >= 4 is 17.9 Å². The van der Waals surface area contributed by atoms with Gasteiger partial charge in [-0.2, -0.15) is 0 Å². The fourth-order valence-corrected chi connectivity index (χ4v) is 7.91. The topological polar surface area (TPSA) is 78.9 Å². The Kier molecular flexibility index (Phi) is 43.3. The Morgan fingerprint density at radius 1 is 0.339 bits per heavy atom. The summed E-state index contributed by atoms with van der Waals surface area (Å²) in [5, 5.41) is 0. The fourth-order valence-electron chi connectivity index (χ4n) is 7.91. The van der Waals surface area contributed by atoms with Crippen molar-refractivity contribution < 1.29 is 28.6 Å². The Labute approximate surface area is 368 Å². The zero-order valence-corrected chi connectivity index (χ0v) is 40.5. The van der Waals surface area contributed by atoms with Crippen molar-refractivity contribution in [1.29, 1.82) is 0 Å². The van der Waals surface area contributed by atoms with Gasteiger partial charge in [0.15, 0.2) is 6.10 Å². The van der Waals surface area contributed by atoms with Crippen LogP contribution in [0.3, 0.4) is 0 Å². The number of hydrogen-bond acceptors (Lipinski definition) is 6. The van der Waals surface area contributed by atoms with Crippen LogP contribution in [0.25, 0.3) is 0 Å². The van der Waals surface area contributed by atoms with Crippen LogP contribution in [0.15, 0.2) is 0 Å². The minimum Gasteiger partial charge on any atom is -0.462 e. The molecular formula is C53H102O6. The molecule has 1 unspecified atom stereocenters. The van der Waals surface area contributed by atoms with E-state index in [-0.39, 0.29) is 31.1 Å². The van der Waals surface area contributed by atoms with Crippen LogP contribution in [0, 0.1) is 17.8 Å². The first-order valence-corrected chi connectivity index (χ1v) is 26.1. The van der Waals surface area contributed by atoms with E-state index in [2.05, 4.69) is 41.5 Å². The zero-order chi connectivity index (χ0) is 43.4. The molecule has 0 aliphatic carbocycles. The molecule has 0 bridgehead atoms. The number of rotatable bonds is 46. The monoisotopic (exact) mass is 835 g/mol. The highest BCUT2D eigenvalue weighted by atomic mass is 16.6. The average Bonchev–Trinajstić information content (AvgIpc) is 3.20. The molecule has 0 heterocycles. The molecule has 0 saturated heterocycles. The second kappa shape index (κ2) is 44.5. The van der Waals surface area contributed by atoms with Gasteiger partial charge in [0.2, 0.25) is 0 Å². The molecule has 0 saturated carbocycles. The Morgan fingerprint density at radius 2 is 0.593 bits per heavy atom. The summed E-state index contributed by atoms with van der Waals surface area (Å²) < 4.78 is 16.8. The van der Waals surface area contributed by atoms with E-state index in [1.54, 1.807) is 0 Å². The van der Waals surface area contributed by atoms with E-state index in [0.29, 0.717) is 19.3 Å². The lowest BCUT2D eigenvalue weighted by Gasteiger charge is -2.18. The molecule has 0 fully saturated rings. The third kappa shape index (κ3) is 45.8. The lowest BCUT2D eigenvalue weighted by molar-refractivity contribution is -0.167. The number of ether oxygens (including phenoxy) is 3. The smallest absolute Gasteiger partial charge is 0.306 e. The van der Waals surface area contributed by atoms with Crippen LogP contribution in [0.2, 0.25) is 0 Å². The van der Waals surface area contributed by atoms with Gasteiger partial charge in [-0.1, -0.05) is 247 Å². The van der Waals surface area contributed by atoms with Crippen LogP contribution >= 0.6 is 0 Å². The van der Waals surface area contributed by atoms with Crippen LogP contribution in [-0.4, -0.2) is 37.2 Å². The van der Waals surface area contributed by atoms with Crippen LogP contribution < -0.4 is 0 Å². The minimum absolute atomic E-state index is 0.0648. The second-order valence-electron chi connectivity index (χ2n) is 19.4. The molecule has 0 aliphatic rings. The summed E-state index contributed by atoms with van der Waals surface area (Å²) in [5.41, 5.74) is 0. The second-order valence-corrected chi connectivity index (χ2v) is 19.4. The summed E-state index contributed by atoms with van der Waals surface area (Å²) in [5.74, 6) is 1.66. The Hall–Kier alpha value is -1.59. The molecule has 0 rings (SSSR count). The number of esters is 3. The zero-order valence-electron chi connectivity index (χ0n) is 40.5. The molecule has 2 atom stereocenters. The van der Waals surface area contributed by atoms with Crippen molar-refractivity contribution in [2.24, 2.45) is 17.8 Å². The standard InChI is InChI=1S/C53H102O6/c1-7-49(6)41-35-29-23-17-12-14-19-25-31-37-43-52(55)58-46-50(45-57-51(54)42-36-30-24-18-13-11-16-22-28-34-40-48(4)5)59-53(56)44-38-32-26-20-10-8-9-15-21-27-33-39-47(2)3/h47-50H,7-46H2,1-6H3/t49?,50-/m0/s1. The highest BCUT2D eigenvalue weighted by Crippen LogP contribution is 2.18. The molecule has 0 aliphatic heterocycles. The SMILES string of the molecule is CCC(C)CCCCCCCCCCCCC(=O)OC[C@H](COC(=O)CCCCCCCCCCCCC(C)C)OC(=O)CCCCCCCCCCCCCC(C)C. The molecule has 6 nitrogen and oxygen atoms in total. The first-order valence-electron chi connectivity index (χ1n) is 26.1. The Balaban J connectivity index is 4.34. The van der Waals surface area contributed by atoms with Crippen molar-refractivity contribution in [3.8, 4) is 0 Å². The summed E-state index contributed by atoms with van der Waals surface area (Å²) in [6, 6.07) is 0. The van der Waals surface area contributed by atoms with E-state index in [1.165, 1.54) is 167 Å². The van der Waals surface area contributed by atoms with E-state index in [0.717, 1.165) is 75.5 Å². The maximum atomic E-state index is 12.8. The normalized spacial score (nSPS) is 12.6. The van der Waals surface area contributed by atoms with Gasteiger partial charge in [0, 0.05) is 19.3 Å². The lowest BCUT2D eigenvalue weighted by Crippen LogP contribution is -2.30. The van der Waals surface area contributed by atoms with Gasteiger partial charge in [0.25, 0.3) is 0 Å². The van der Waals surface area contributed by atoms with Gasteiger partial charge in [-0.05, 0) is 37.0 Å². The summed E-state index contributed by atoms with van der Waals surface area (Å²) in [6.45, 7) is 13.7. The molecule has 0 aromatic carbocycles. The highest BCUT2D eigenvalue weighted by molar-refractivity contribution is 5.71. The van der Waals surface area contributed by atoms with Crippen molar-refractivity contribution in [1.82, 2.24) is 0 Å². The predicted octanol–water partition coefficient (Wildman–Crippen LogP) is 16.8. The number of unbranched alkanes of at least 4 members (excludes halogenated alkanes) is 28. The molecule has 0 aromatic rings. The number of carbonyl (C=O) groups excluding carboxylic acids is 3. The van der Waals surface area contributed by atoms with Crippen LogP contribution in [0.1, 0.15) is 286 Å². The first kappa shape index (κ1) is 57.4. The van der Waals surface area contributed by atoms with Gasteiger partial charge < -0.3 is 14.2 Å². The average molecular weight is 835 g/mol. The molecule has 0 radical (unpaired) electrons. The predicted molar refractivity (Wildman–Crippen MR) is 252 cm³/mol. The first-order chi connectivity index (χ1) is 28.6. The van der Waals surface area contributed by atoms with Gasteiger partial charge in [0.1, 0.15) is 13.2 Å². The molecule has 59 heavy (non-hydrogen) atoms. The van der Waals surface area contributed by atoms with Gasteiger partial charge in [-0.15, -0.1) is 0 Å². The van der Waals surface area contributed by atoms with Crippen molar-refractivity contribution in [2.75, 3.05) is 13.2 Å². The van der Waals surface area contributed by atoms with E-state index >= 15 is 0 Å². The number of carbonyl (C=O) groups is 3. The quantitative estimate of drug-likeness (QED) is 0.0345. The summed E-state index contributed by atoms with van der Waals surface area (Å²) in [7, 11) is 0. The van der Waals surface area contributed by atoms with E-state index in [9.17, 15) is 14.4 Å². The minimum atomic E-state index is -0.763. The Morgan fingerprint density at radius 3 is 0.881 bits per heavy atom. The van der Waals surface area contributed by atoms with Crippen LogP contribution in [-0.2, 0) is 28.6 Å². The molecule has 6 heteroatoms. The Bertz CT molecular complexity index is 916. The van der Waals surface area contributed by atoms with E-state index in [4.69, 9.17) is 14.2 Å². The maximum Gasteiger partial charge on any atom is 0.306 e. The van der Waals surface area contributed by atoms with Gasteiger partial charge >= 0.3 is 17.9 Å². The van der Waals surface area contributed by atoms with Crippen molar-refractivity contribution in [3.05, 3.63) is 0 Å². The largest absolute Gasteiger partial charge is 0.462 e. The van der Waals surface area contributed by atoms with Crippen molar-refractivity contribution in [3.63, 3.8) is 0 Å². The van der Waals surface area contributed by atoms with Crippen LogP contribution in [0.5, 0.6) is 0 Å².